The molecule has 0 saturated carbocycles. The Kier molecular flexibility index (Phi) is 4.58. The van der Waals surface area contributed by atoms with Gasteiger partial charge in [-0.2, -0.15) is 0 Å². The molecule has 0 N–H and O–H groups in total. The van der Waals surface area contributed by atoms with E-state index in [-0.39, 0.29) is 23.4 Å². The van der Waals surface area contributed by atoms with Crippen LogP contribution in [0.5, 0.6) is 0 Å². The number of benzene rings is 1. The zero-order chi connectivity index (χ0) is 13.9. The lowest BCUT2D eigenvalue weighted by molar-refractivity contribution is 0.207. The Bertz CT molecular complexity index is 513. The van der Waals surface area contributed by atoms with Gasteiger partial charge in [0.05, 0.1) is 11.5 Å². The molecule has 1 aromatic rings. The SMILES string of the molecule is CCC(c1ccc(F)cc1)N1CCCS(=O)(=O)CC1. The molecule has 1 atom stereocenters. The Balaban J connectivity index is 2.15. The van der Waals surface area contributed by atoms with Crippen molar-refractivity contribution in [2.75, 3.05) is 24.6 Å². The first-order valence-corrected chi connectivity index (χ1v) is 8.54. The molecule has 2 rings (SSSR count). The minimum absolute atomic E-state index is 0.175. The number of hydrogen-bond donors (Lipinski definition) is 0. The van der Waals surface area contributed by atoms with Crippen molar-refractivity contribution in [1.82, 2.24) is 4.90 Å². The molecular weight excluding hydrogens is 265 g/mol. The van der Waals surface area contributed by atoms with E-state index in [4.69, 9.17) is 0 Å². The third-order valence-corrected chi connectivity index (χ3v) is 5.39. The maximum atomic E-state index is 13.0. The fraction of sp³-hybridized carbons (Fsp3) is 0.571. The summed E-state index contributed by atoms with van der Waals surface area (Å²) in [5.41, 5.74) is 1.06. The van der Waals surface area contributed by atoms with E-state index in [9.17, 15) is 12.8 Å². The summed E-state index contributed by atoms with van der Waals surface area (Å²) < 4.78 is 36.2. The Hall–Kier alpha value is -0.940. The van der Waals surface area contributed by atoms with E-state index < -0.39 is 9.84 Å². The minimum Gasteiger partial charge on any atom is -0.295 e. The van der Waals surface area contributed by atoms with Crippen LogP contribution in [-0.2, 0) is 9.84 Å². The summed E-state index contributed by atoms with van der Waals surface area (Å²) in [5, 5.41) is 0. The number of rotatable bonds is 3. The Labute approximate surface area is 114 Å². The van der Waals surface area contributed by atoms with Crippen molar-refractivity contribution in [3.05, 3.63) is 35.6 Å². The van der Waals surface area contributed by atoms with Crippen molar-refractivity contribution in [3.63, 3.8) is 0 Å². The summed E-state index contributed by atoms with van der Waals surface area (Å²) in [6, 6.07) is 6.69. The summed E-state index contributed by atoms with van der Waals surface area (Å²) in [6.45, 7) is 3.43. The molecule has 0 radical (unpaired) electrons. The molecule has 19 heavy (non-hydrogen) atoms. The van der Waals surface area contributed by atoms with Crippen molar-refractivity contribution < 1.29 is 12.8 Å². The van der Waals surface area contributed by atoms with Crippen LogP contribution < -0.4 is 0 Å². The molecule has 1 aliphatic rings. The van der Waals surface area contributed by atoms with Gasteiger partial charge in [-0.05, 0) is 37.1 Å². The molecule has 0 bridgehead atoms. The molecule has 3 nitrogen and oxygen atoms in total. The molecule has 5 heteroatoms. The highest BCUT2D eigenvalue weighted by atomic mass is 32.2. The molecular formula is C14H20FNO2S. The lowest BCUT2D eigenvalue weighted by Gasteiger charge is -2.29. The molecule has 1 aliphatic heterocycles. The van der Waals surface area contributed by atoms with Crippen LogP contribution in [0.1, 0.15) is 31.4 Å². The first-order valence-electron chi connectivity index (χ1n) is 6.72. The Morgan fingerprint density at radius 3 is 2.53 bits per heavy atom. The van der Waals surface area contributed by atoms with Gasteiger partial charge in [0.1, 0.15) is 5.82 Å². The van der Waals surface area contributed by atoms with Gasteiger partial charge in [-0.15, -0.1) is 0 Å². The van der Waals surface area contributed by atoms with Crippen LogP contribution in [0.2, 0.25) is 0 Å². The Morgan fingerprint density at radius 2 is 1.89 bits per heavy atom. The third kappa shape index (κ3) is 3.76. The average Bonchev–Trinajstić information content (AvgIpc) is 2.54. The summed E-state index contributed by atoms with van der Waals surface area (Å²) >= 11 is 0. The minimum atomic E-state index is -2.88. The molecule has 1 saturated heterocycles. The second kappa shape index (κ2) is 6.01. The first kappa shape index (κ1) is 14.5. The van der Waals surface area contributed by atoms with Gasteiger partial charge in [0.15, 0.2) is 9.84 Å². The van der Waals surface area contributed by atoms with E-state index in [1.165, 1.54) is 12.1 Å². The van der Waals surface area contributed by atoms with E-state index in [1.807, 2.05) is 0 Å². The first-order chi connectivity index (χ1) is 9.02. The van der Waals surface area contributed by atoms with Gasteiger partial charge in [0.2, 0.25) is 0 Å². The van der Waals surface area contributed by atoms with Gasteiger partial charge in [-0.3, -0.25) is 4.90 Å². The van der Waals surface area contributed by atoms with Gasteiger partial charge < -0.3 is 0 Å². The topological polar surface area (TPSA) is 37.4 Å². The molecule has 0 aromatic heterocycles. The number of nitrogens with zero attached hydrogens (tertiary/aromatic N) is 1. The van der Waals surface area contributed by atoms with Crippen LogP contribution in [0, 0.1) is 5.82 Å². The average molecular weight is 285 g/mol. The third-order valence-electron chi connectivity index (χ3n) is 3.67. The van der Waals surface area contributed by atoms with Crippen LogP contribution in [-0.4, -0.2) is 37.9 Å². The summed E-state index contributed by atoms with van der Waals surface area (Å²) in [5.74, 6) is 0.269. The van der Waals surface area contributed by atoms with E-state index >= 15 is 0 Å². The van der Waals surface area contributed by atoms with Crippen LogP contribution in [0.25, 0.3) is 0 Å². The predicted octanol–water partition coefficient (Wildman–Crippen LogP) is 2.40. The highest BCUT2D eigenvalue weighted by Gasteiger charge is 2.24. The second-order valence-electron chi connectivity index (χ2n) is 5.02. The number of halogens is 1. The molecule has 1 heterocycles. The zero-order valence-electron chi connectivity index (χ0n) is 11.2. The second-order valence-corrected chi connectivity index (χ2v) is 7.32. The molecule has 1 aromatic carbocycles. The van der Waals surface area contributed by atoms with Crippen molar-refractivity contribution in [1.29, 1.82) is 0 Å². The van der Waals surface area contributed by atoms with Crippen LogP contribution >= 0.6 is 0 Å². The monoisotopic (exact) mass is 285 g/mol. The molecule has 0 spiro atoms. The Morgan fingerprint density at radius 1 is 1.21 bits per heavy atom. The quantitative estimate of drug-likeness (QED) is 0.856. The smallest absolute Gasteiger partial charge is 0.151 e. The van der Waals surface area contributed by atoms with Crippen molar-refractivity contribution in [3.8, 4) is 0 Å². The molecule has 0 amide bonds. The zero-order valence-corrected chi connectivity index (χ0v) is 12.0. The summed E-state index contributed by atoms with van der Waals surface area (Å²) in [6.07, 6.45) is 1.58. The van der Waals surface area contributed by atoms with Gasteiger partial charge in [0.25, 0.3) is 0 Å². The van der Waals surface area contributed by atoms with E-state index in [0.29, 0.717) is 13.0 Å². The maximum absolute atomic E-state index is 13.0. The van der Waals surface area contributed by atoms with Gasteiger partial charge in [-0.25, -0.2) is 12.8 Å². The maximum Gasteiger partial charge on any atom is 0.151 e. The number of sulfone groups is 1. The largest absolute Gasteiger partial charge is 0.295 e. The van der Waals surface area contributed by atoms with Gasteiger partial charge >= 0.3 is 0 Å². The fourth-order valence-corrected chi connectivity index (χ4v) is 3.94. The highest BCUT2D eigenvalue weighted by molar-refractivity contribution is 7.91. The van der Waals surface area contributed by atoms with Crippen LogP contribution in [0.15, 0.2) is 24.3 Å². The summed E-state index contributed by atoms with van der Waals surface area (Å²) in [7, 11) is -2.88. The van der Waals surface area contributed by atoms with E-state index in [1.54, 1.807) is 12.1 Å². The van der Waals surface area contributed by atoms with Gasteiger partial charge in [0, 0.05) is 12.6 Å². The van der Waals surface area contributed by atoms with Crippen molar-refractivity contribution in [2.24, 2.45) is 0 Å². The lowest BCUT2D eigenvalue weighted by Crippen LogP contribution is -2.31. The van der Waals surface area contributed by atoms with Gasteiger partial charge in [-0.1, -0.05) is 19.1 Å². The molecule has 1 fully saturated rings. The summed E-state index contributed by atoms with van der Waals surface area (Å²) in [4.78, 5) is 2.21. The number of hydrogen-bond acceptors (Lipinski definition) is 3. The standard InChI is InChI=1S/C14H20FNO2S/c1-2-14(12-4-6-13(15)7-5-12)16-8-3-10-19(17,18)11-9-16/h4-7,14H,2-3,8-11H2,1H3. The molecule has 1 unspecified atom stereocenters. The van der Waals surface area contributed by atoms with Crippen LogP contribution in [0.4, 0.5) is 4.39 Å². The van der Waals surface area contributed by atoms with E-state index in [2.05, 4.69) is 11.8 Å². The molecule has 106 valence electrons. The van der Waals surface area contributed by atoms with Crippen LogP contribution in [0.3, 0.4) is 0 Å². The predicted molar refractivity (Wildman–Crippen MR) is 74.3 cm³/mol. The van der Waals surface area contributed by atoms with Crippen molar-refractivity contribution in [2.45, 2.75) is 25.8 Å². The molecule has 0 aliphatic carbocycles. The normalized spacial score (nSPS) is 21.8. The highest BCUT2D eigenvalue weighted by Crippen LogP contribution is 2.25. The fourth-order valence-electron chi connectivity index (χ4n) is 2.66. The van der Waals surface area contributed by atoms with E-state index in [0.717, 1.165) is 18.5 Å². The van der Waals surface area contributed by atoms with Crippen molar-refractivity contribution >= 4 is 9.84 Å². The lowest BCUT2D eigenvalue weighted by atomic mass is 10.0.